The Morgan fingerprint density at radius 3 is 1.32 bits per heavy atom. The minimum absolute atomic E-state index is 0.0567. The average molecular weight is 372 g/mol. The lowest BCUT2D eigenvalue weighted by atomic mass is 10.2. The molecule has 8 nitrogen and oxygen atoms in total. The third-order valence-corrected chi connectivity index (χ3v) is 3.81. The highest BCUT2D eigenvalue weighted by Crippen LogP contribution is 2.28. The van der Waals surface area contributed by atoms with Crippen LogP contribution < -0.4 is 20.1 Å². The van der Waals surface area contributed by atoms with Gasteiger partial charge in [0.15, 0.2) is 23.0 Å². The molecule has 0 fully saturated rings. The number of hydrogen-bond acceptors (Lipinski definition) is 8. The van der Waals surface area contributed by atoms with Gasteiger partial charge in [-0.15, -0.1) is 0 Å². The Morgan fingerprint density at radius 2 is 1.04 bits per heavy atom. The standard InChI is InChI=1S/C20H16N6O2/c1-27-15-7-3-13(4-8-15)23-19-20(26-18(12-22)17(11-21)25-19)24-14-5-9-16(28-2)10-6-14/h3-10H,1-2H3,(H,23,25)(H,24,26). The molecular formula is C20H16N6O2. The van der Waals surface area contributed by atoms with Crippen LogP contribution in [0.4, 0.5) is 23.0 Å². The van der Waals surface area contributed by atoms with Gasteiger partial charge in [0.25, 0.3) is 0 Å². The van der Waals surface area contributed by atoms with Gasteiger partial charge in [0.2, 0.25) is 0 Å². The van der Waals surface area contributed by atoms with Gasteiger partial charge in [-0.05, 0) is 48.5 Å². The minimum Gasteiger partial charge on any atom is -0.497 e. The van der Waals surface area contributed by atoms with E-state index in [-0.39, 0.29) is 11.4 Å². The van der Waals surface area contributed by atoms with E-state index in [1.165, 1.54) is 0 Å². The number of aromatic nitrogens is 2. The zero-order valence-electron chi connectivity index (χ0n) is 15.2. The Bertz CT molecular complexity index is 964. The van der Waals surface area contributed by atoms with Gasteiger partial charge in [-0.3, -0.25) is 0 Å². The summed E-state index contributed by atoms with van der Waals surface area (Å²) < 4.78 is 10.3. The van der Waals surface area contributed by atoms with Crippen LogP contribution in [0.15, 0.2) is 48.5 Å². The lowest BCUT2D eigenvalue weighted by Gasteiger charge is -2.13. The molecule has 0 atom stereocenters. The molecule has 0 amide bonds. The maximum absolute atomic E-state index is 9.26. The number of hydrogen-bond donors (Lipinski definition) is 2. The monoisotopic (exact) mass is 372 g/mol. The van der Waals surface area contributed by atoms with E-state index in [4.69, 9.17) is 9.47 Å². The van der Waals surface area contributed by atoms with Crippen molar-refractivity contribution in [2.75, 3.05) is 24.9 Å². The lowest BCUT2D eigenvalue weighted by molar-refractivity contribution is 0.415. The third-order valence-electron chi connectivity index (χ3n) is 3.81. The zero-order chi connectivity index (χ0) is 19.9. The molecule has 0 saturated carbocycles. The molecule has 3 rings (SSSR count). The number of nitrogens with zero attached hydrogens (tertiary/aromatic N) is 4. The molecular weight excluding hydrogens is 356 g/mol. The van der Waals surface area contributed by atoms with Gasteiger partial charge in [-0.25, -0.2) is 9.97 Å². The molecule has 1 heterocycles. The minimum atomic E-state index is -0.0567. The van der Waals surface area contributed by atoms with Crippen molar-refractivity contribution >= 4 is 23.0 Å². The van der Waals surface area contributed by atoms with Crippen molar-refractivity contribution in [1.82, 2.24) is 9.97 Å². The highest BCUT2D eigenvalue weighted by molar-refractivity contribution is 5.73. The Balaban J connectivity index is 1.98. The first-order chi connectivity index (χ1) is 13.7. The highest BCUT2D eigenvalue weighted by Gasteiger charge is 2.14. The van der Waals surface area contributed by atoms with Crippen LogP contribution in [0.5, 0.6) is 11.5 Å². The summed E-state index contributed by atoms with van der Waals surface area (Å²) in [5.74, 6) is 2.06. The van der Waals surface area contributed by atoms with Crippen molar-refractivity contribution in [3.63, 3.8) is 0 Å². The van der Waals surface area contributed by atoms with Crippen LogP contribution in [0.2, 0.25) is 0 Å². The summed E-state index contributed by atoms with van der Waals surface area (Å²) in [5.41, 5.74) is 1.33. The molecule has 28 heavy (non-hydrogen) atoms. The summed E-state index contributed by atoms with van der Waals surface area (Å²) in [7, 11) is 3.18. The van der Waals surface area contributed by atoms with Crippen LogP contribution in [0.3, 0.4) is 0 Å². The lowest BCUT2D eigenvalue weighted by Crippen LogP contribution is -2.06. The maximum Gasteiger partial charge on any atom is 0.179 e. The van der Waals surface area contributed by atoms with Gasteiger partial charge in [0, 0.05) is 11.4 Å². The maximum atomic E-state index is 9.26. The van der Waals surface area contributed by atoms with Crippen LogP contribution in [-0.2, 0) is 0 Å². The second-order valence-electron chi connectivity index (χ2n) is 5.55. The Labute approximate surface area is 162 Å². The summed E-state index contributed by atoms with van der Waals surface area (Å²) in [4.78, 5) is 8.51. The number of nitrogens with one attached hydrogen (secondary N) is 2. The number of ether oxygens (including phenoxy) is 2. The van der Waals surface area contributed by atoms with E-state index in [0.717, 1.165) is 11.4 Å². The summed E-state index contributed by atoms with van der Waals surface area (Å²) in [6, 6.07) is 18.2. The first-order valence-electron chi connectivity index (χ1n) is 8.21. The van der Waals surface area contributed by atoms with E-state index in [1.54, 1.807) is 38.5 Å². The van der Waals surface area contributed by atoms with Crippen molar-refractivity contribution in [3.05, 3.63) is 59.9 Å². The summed E-state index contributed by atoms with van der Waals surface area (Å²) in [5, 5.41) is 24.8. The number of benzene rings is 2. The fraction of sp³-hybridized carbons (Fsp3) is 0.100. The fourth-order valence-electron chi connectivity index (χ4n) is 2.39. The molecule has 3 aromatic rings. The first kappa shape index (κ1) is 18.5. The van der Waals surface area contributed by atoms with Gasteiger partial charge >= 0.3 is 0 Å². The molecule has 8 heteroatoms. The van der Waals surface area contributed by atoms with Crippen LogP contribution in [0, 0.1) is 22.7 Å². The summed E-state index contributed by atoms with van der Waals surface area (Å²) >= 11 is 0. The van der Waals surface area contributed by atoms with Crippen LogP contribution in [0.1, 0.15) is 11.4 Å². The normalized spacial score (nSPS) is 9.71. The molecule has 1 aromatic heterocycles. The SMILES string of the molecule is COc1ccc(Nc2nc(C#N)c(C#N)nc2Nc2ccc(OC)cc2)cc1. The average Bonchev–Trinajstić information content (AvgIpc) is 2.75. The predicted molar refractivity (Wildman–Crippen MR) is 104 cm³/mol. The van der Waals surface area contributed by atoms with Gasteiger partial charge in [0.05, 0.1) is 14.2 Å². The number of rotatable bonds is 6. The zero-order valence-corrected chi connectivity index (χ0v) is 15.2. The van der Waals surface area contributed by atoms with Gasteiger partial charge in [-0.2, -0.15) is 10.5 Å². The molecule has 0 spiro atoms. The Hall–Kier alpha value is -4.30. The second kappa shape index (κ2) is 8.39. The Morgan fingerprint density at radius 1 is 0.679 bits per heavy atom. The molecule has 0 aliphatic heterocycles. The number of methoxy groups -OCH3 is 2. The van der Waals surface area contributed by atoms with Crippen molar-refractivity contribution in [2.24, 2.45) is 0 Å². The molecule has 0 unspecified atom stereocenters. The summed E-state index contributed by atoms with van der Waals surface area (Å²) in [6.45, 7) is 0. The van der Waals surface area contributed by atoms with E-state index in [2.05, 4.69) is 20.6 Å². The quantitative estimate of drug-likeness (QED) is 0.672. The largest absolute Gasteiger partial charge is 0.497 e. The van der Waals surface area contributed by atoms with Crippen LogP contribution in [-0.4, -0.2) is 24.2 Å². The van der Waals surface area contributed by atoms with Crippen LogP contribution >= 0.6 is 0 Å². The van der Waals surface area contributed by atoms with Gasteiger partial charge in [-0.1, -0.05) is 0 Å². The van der Waals surface area contributed by atoms with Crippen molar-refractivity contribution in [1.29, 1.82) is 10.5 Å². The van der Waals surface area contributed by atoms with Gasteiger partial charge in [0.1, 0.15) is 23.6 Å². The topological polar surface area (TPSA) is 116 Å². The van der Waals surface area contributed by atoms with Crippen molar-refractivity contribution in [3.8, 4) is 23.6 Å². The van der Waals surface area contributed by atoms with Crippen molar-refractivity contribution in [2.45, 2.75) is 0 Å². The van der Waals surface area contributed by atoms with Crippen LogP contribution in [0.25, 0.3) is 0 Å². The predicted octanol–water partition coefficient (Wildman–Crippen LogP) is 3.72. The molecule has 0 aliphatic carbocycles. The van der Waals surface area contributed by atoms with E-state index in [0.29, 0.717) is 23.1 Å². The molecule has 0 radical (unpaired) electrons. The molecule has 0 bridgehead atoms. The van der Waals surface area contributed by atoms with E-state index in [9.17, 15) is 10.5 Å². The Kier molecular flexibility index (Phi) is 5.54. The highest BCUT2D eigenvalue weighted by atomic mass is 16.5. The van der Waals surface area contributed by atoms with E-state index < -0.39 is 0 Å². The first-order valence-corrected chi connectivity index (χ1v) is 8.21. The number of anilines is 4. The third kappa shape index (κ3) is 4.09. The fourth-order valence-corrected chi connectivity index (χ4v) is 2.39. The molecule has 0 aliphatic rings. The van der Waals surface area contributed by atoms with Gasteiger partial charge < -0.3 is 20.1 Å². The molecule has 138 valence electrons. The molecule has 0 saturated heterocycles. The smallest absolute Gasteiger partial charge is 0.179 e. The number of nitriles is 2. The van der Waals surface area contributed by atoms with E-state index in [1.807, 2.05) is 36.4 Å². The molecule has 2 N–H and O–H groups in total. The van der Waals surface area contributed by atoms with Crippen molar-refractivity contribution < 1.29 is 9.47 Å². The second-order valence-corrected chi connectivity index (χ2v) is 5.55. The van der Waals surface area contributed by atoms with E-state index >= 15 is 0 Å². The molecule has 2 aromatic carbocycles. The summed E-state index contributed by atoms with van der Waals surface area (Å²) in [6.07, 6.45) is 0.